The Hall–Kier alpha value is -0.350. The van der Waals surface area contributed by atoms with Crippen molar-refractivity contribution in [1.82, 2.24) is 9.29 Å². The number of nitrogens with zero attached hydrogens (tertiary/aromatic N) is 2. The average molecular weight is 395 g/mol. The summed E-state index contributed by atoms with van der Waals surface area (Å²) in [6.07, 6.45) is 2.32. The minimum atomic E-state index is -3.62. The molecule has 118 valence electrons. The highest BCUT2D eigenvalue weighted by atomic mass is 79.9. The van der Waals surface area contributed by atoms with Gasteiger partial charge in [0, 0.05) is 34.3 Å². The summed E-state index contributed by atoms with van der Waals surface area (Å²) in [6.45, 7) is 5.27. The van der Waals surface area contributed by atoms with Crippen molar-refractivity contribution in [1.29, 1.82) is 0 Å². The maximum atomic E-state index is 12.8. The maximum Gasteiger partial charge on any atom is 0.246 e. The van der Waals surface area contributed by atoms with Gasteiger partial charge in [0.05, 0.1) is 0 Å². The Morgan fingerprint density at radius 2 is 2.19 bits per heavy atom. The van der Waals surface area contributed by atoms with Crippen molar-refractivity contribution in [2.75, 3.05) is 24.3 Å². The molecule has 3 N–H and O–H groups in total. The van der Waals surface area contributed by atoms with Gasteiger partial charge in [-0.3, -0.25) is 0 Å². The summed E-state index contributed by atoms with van der Waals surface area (Å²) >= 11 is 5.06. The minimum Gasteiger partial charge on any atom is -0.307 e. The van der Waals surface area contributed by atoms with E-state index in [9.17, 15) is 8.42 Å². The number of thioether (sulfide) groups is 1. The third-order valence-corrected chi connectivity index (χ3v) is 7.09. The summed E-state index contributed by atoms with van der Waals surface area (Å²) in [5.41, 5.74) is 2.36. The van der Waals surface area contributed by atoms with Gasteiger partial charge in [-0.15, -0.1) is 0 Å². The average Bonchev–Trinajstić information content (AvgIpc) is 2.60. The predicted octanol–water partition coefficient (Wildman–Crippen LogP) is 2.04. The van der Waals surface area contributed by atoms with Crippen LogP contribution in [-0.2, 0) is 10.0 Å². The Morgan fingerprint density at radius 1 is 1.48 bits per heavy atom. The van der Waals surface area contributed by atoms with Crippen LogP contribution < -0.4 is 11.3 Å². The quantitative estimate of drug-likeness (QED) is 0.602. The van der Waals surface area contributed by atoms with Crippen molar-refractivity contribution >= 4 is 43.5 Å². The van der Waals surface area contributed by atoms with Crippen LogP contribution in [0.5, 0.6) is 0 Å². The Labute approximate surface area is 138 Å². The van der Waals surface area contributed by atoms with Gasteiger partial charge >= 0.3 is 0 Å². The molecule has 0 saturated carbocycles. The highest BCUT2D eigenvalue weighted by molar-refractivity contribution is 9.10. The van der Waals surface area contributed by atoms with Crippen LogP contribution in [0.1, 0.15) is 20.3 Å². The van der Waals surface area contributed by atoms with Crippen LogP contribution in [0.15, 0.2) is 21.6 Å². The molecule has 1 saturated heterocycles. The molecule has 21 heavy (non-hydrogen) atoms. The van der Waals surface area contributed by atoms with Crippen LogP contribution in [0.25, 0.3) is 0 Å². The summed E-state index contributed by atoms with van der Waals surface area (Å²) in [4.78, 5) is 4.12. The van der Waals surface area contributed by atoms with E-state index in [-0.39, 0.29) is 15.5 Å². The van der Waals surface area contributed by atoms with E-state index in [1.165, 1.54) is 16.6 Å². The molecule has 1 aromatic rings. The number of nitrogens with two attached hydrogens (primary N) is 1. The van der Waals surface area contributed by atoms with Crippen molar-refractivity contribution < 1.29 is 8.42 Å². The van der Waals surface area contributed by atoms with E-state index in [0.29, 0.717) is 17.6 Å². The molecule has 0 aromatic carbocycles. The number of hydrogen-bond donors (Lipinski definition) is 2. The highest BCUT2D eigenvalue weighted by Gasteiger charge is 2.32. The number of aromatic nitrogens is 1. The molecule has 0 amide bonds. The number of nitrogen functional groups attached to an aromatic ring is 1. The number of rotatable bonds is 3. The number of sulfonamides is 1. The SMILES string of the molecule is CC1(C)CCN(S(=O)(=O)c2cc(Br)cnc2NN)CCS1. The summed E-state index contributed by atoms with van der Waals surface area (Å²) in [5.74, 6) is 6.32. The first-order valence-corrected chi connectivity index (χ1v) is 9.74. The molecule has 2 rings (SSSR count). The Bertz CT molecular complexity index is 622. The largest absolute Gasteiger partial charge is 0.307 e. The monoisotopic (exact) mass is 394 g/mol. The van der Waals surface area contributed by atoms with Crippen LogP contribution in [-0.4, -0.2) is 41.3 Å². The smallest absolute Gasteiger partial charge is 0.246 e. The fourth-order valence-corrected chi connectivity index (χ4v) is 5.38. The fraction of sp³-hybridized carbons (Fsp3) is 0.583. The summed E-state index contributed by atoms with van der Waals surface area (Å²) in [7, 11) is -3.62. The van der Waals surface area contributed by atoms with Crippen molar-refractivity contribution in [3.05, 3.63) is 16.7 Å². The lowest BCUT2D eigenvalue weighted by molar-refractivity contribution is 0.415. The molecule has 2 heterocycles. The van der Waals surface area contributed by atoms with Crippen molar-refractivity contribution in [2.45, 2.75) is 29.9 Å². The van der Waals surface area contributed by atoms with Crippen molar-refractivity contribution in [2.24, 2.45) is 5.84 Å². The molecule has 1 fully saturated rings. The van der Waals surface area contributed by atoms with Gasteiger partial charge in [0.1, 0.15) is 4.90 Å². The maximum absolute atomic E-state index is 12.8. The van der Waals surface area contributed by atoms with Crippen molar-refractivity contribution in [3.63, 3.8) is 0 Å². The van der Waals surface area contributed by atoms with E-state index in [0.717, 1.165) is 12.2 Å². The number of anilines is 1. The standard InChI is InChI=1S/C12H19BrN4O2S2/c1-12(2)3-4-17(5-6-20-12)21(18,19)10-7-9(13)8-15-11(10)16-14/h7-8H,3-6,14H2,1-2H3,(H,15,16). The Balaban J connectivity index is 2.36. The van der Waals surface area contributed by atoms with Gasteiger partial charge in [-0.1, -0.05) is 13.8 Å². The van der Waals surface area contributed by atoms with Gasteiger partial charge in [-0.05, 0) is 28.4 Å². The molecule has 0 aliphatic carbocycles. The van der Waals surface area contributed by atoms with Crippen LogP contribution in [0.3, 0.4) is 0 Å². The van der Waals surface area contributed by atoms with Crippen molar-refractivity contribution in [3.8, 4) is 0 Å². The van der Waals surface area contributed by atoms with Gasteiger partial charge in [0.2, 0.25) is 10.0 Å². The molecule has 1 aliphatic rings. The lowest BCUT2D eigenvalue weighted by Gasteiger charge is -2.23. The number of pyridine rings is 1. The first kappa shape index (κ1) is 17.0. The highest BCUT2D eigenvalue weighted by Crippen LogP contribution is 2.33. The lowest BCUT2D eigenvalue weighted by atomic mass is 10.1. The summed E-state index contributed by atoms with van der Waals surface area (Å²) in [6, 6.07) is 1.53. The molecular formula is C12H19BrN4O2S2. The molecular weight excluding hydrogens is 376 g/mol. The predicted molar refractivity (Wildman–Crippen MR) is 89.7 cm³/mol. The van der Waals surface area contributed by atoms with Crippen LogP contribution in [0.4, 0.5) is 5.82 Å². The number of nitrogens with one attached hydrogen (secondary N) is 1. The normalized spacial score (nSPS) is 20.0. The molecule has 0 atom stereocenters. The van der Waals surface area contributed by atoms with Crippen LogP contribution in [0.2, 0.25) is 0 Å². The molecule has 0 spiro atoms. The second kappa shape index (κ2) is 6.41. The van der Waals surface area contributed by atoms with Crippen LogP contribution >= 0.6 is 27.7 Å². The van der Waals surface area contributed by atoms with Gasteiger partial charge in [0.15, 0.2) is 5.82 Å². The van der Waals surface area contributed by atoms with Gasteiger partial charge in [-0.2, -0.15) is 16.1 Å². The van der Waals surface area contributed by atoms with E-state index < -0.39 is 10.0 Å². The molecule has 9 heteroatoms. The van der Waals surface area contributed by atoms with E-state index in [4.69, 9.17) is 5.84 Å². The summed E-state index contributed by atoms with van der Waals surface area (Å²) in [5, 5.41) is 0. The molecule has 1 aromatic heterocycles. The molecule has 0 bridgehead atoms. The Kier molecular flexibility index (Phi) is 5.19. The summed E-state index contributed by atoms with van der Waals surface area (Å²) < 4.78 is 27.9. The zero-order valence-electron chi connectivity index (χ0n) is 12.0. The van der Waals surface area contributed by atoms with E-state index in [2.05, 4.69) is 40.2 Å². The lowest BCUT2D eigenvalue weighted by Crippen LogP contribution is -2.34. The second-order valence-electron chi connectivity index (χ2n) is 5.41. The van der Waals surface area contributed by atoms with Crippen LogP contribution in [0, 0.1) is 0 Å². The third kappa shape index (κ3) is 3.89. The number of halogens is 1. The fourth-order valence-electron chi connectivity index (χ4n) is 2.11. The zero-order valence-corrected chi connectivity index (χ0v) is 15.2. The molecule has 0 unspecified atom stereocenters. The third-order valence-electron chi connectivity index (χ3n) is 3.37. The van der Waals surface area contributed by atoms with E-state index in [1.807, 2.05) is 0 Å². The first-order chi connectivity index (χ1) is 9.76. The zero-order chi connectivity index (χ0) is 15.7. The number of hydrogen-bond acceptors (Lipinski definition) is 6. The van der Waals surface area contributed by atoms with Gasteiger partial charge < -0.3 is 5.43 Å². The number of hydrazine groups is 1. The molecule has 0 radical (unpaired) electrons. The topological polar surface area (TPSA) is 88.3 Å². The van der Waals surface area contributed by atoms with Gasteiger partial charge in [0.25, 0.3) is 0 Å². The first-order valence-electron chi connectivity index (χ1n) is 6.52. The molecule has 1 aliphatic heterocycles. The van der Waals surface area contributed by atoms with E-state index in [1.54, 1.807) is 11.8 Å². The van der Waals surface area contributed by atoms with Gasteiger partial charge in [-0.25, -0.2) is 19.2 Å². The molecule has 6 nitrogen and oxygen atoms in total. The van der Waals surface area contributed by atoms with E-state index >= 15 is 0 Å². The second-order valence-corrected chi connectivity index (χ2v) is 10.0. The minimum absolute atomic E-state index is 0.0920. The Morgan fingerprint density at radius 3 is 2.86 bits per heavy atom.